The van der Waals surface area contributed by atoms with E-state index in [2.05, 4.69) is 20.2 Å². The van der Waals surface area contributed by atoms with Gasteiger partial charge in [-0.15, -0.1) is 11.3 Å². The molecule has 1 N–H and O–H groups in total. The highest BCUT2D eigenvalue weighted by atomic mass is 35.5. The standard InChI is InChI=1S/C23H23ClFN5OS/c24-17-12-15(5-6-18(17)25)28-22-21-16-7-11-30(13-19(16)32-23(21)27-14-26-22)20(31)4-3-10-29-8-1-2-9-29/h3-6,12,14H,1-2,7-11,13H2,(H,26,27,28). The van der Waals surface area contributed by atoms with Gasteiger partial charge in [-0.05, 0) is 56.1 Å². The summed E-state index contributed by atoms with van der Waals surface area (Å²) in [6, 6.07) is 4.49. The van der Waals surface area contributed by atoms with E-state index in [1.165, 1.54) is 30.8 Å². The van der Waals surface area contributed by atoms with Crippen LogP contribution in [-0.4, -0.2) is 51.9 Å². The highest BCUT2D eigenvalue weighted by molar-refractivity contribution is 7.19. The minimum absolute atomic E-state index is 0.0534. The van der Waals surface area contributed by atoms with Crippen molar-refractivity contribution < 1.29 is 9.18 Å². The number of nitrogens with one attached hydrogen (secondary N) is 1. The molecular formula is C23H23ClFN5OS. The number of fused-ring (bicyclic) bond motifs is 3. The summed E-state index contributed by atoms with van der Waals surface area (Å²) in [6.45, 7) is 4.31. The number of hydrogen-bond acceptors (Lipinski definition) is 6. The molecule has 2 aromatic heterocycles. The van der Waals surface area contributed by atoms with Gasteiger partial charge in [0.15, 0.2) is 0 Å². The Morgan fingerprint density at radius 3 is 2.91 bits per heavy atom. The topological polar surface area (TPSA) is 61.4 Å². The van der Waals surface area contributed by atoms with Crippen molar-refractivity contribution in [2.45, 2.75) is 25.8 Å². The Morgan fingerprint density at radius 1 is 1.25 bits per heavy atom. The molecule has 1 fully saturated rings. The molecule has 6 nitrogen and oxygen atoms in total. The fraction of sp³-hybridized carbons (Fsp3) is 0.348. The second-order valence-electron chi connectivity index (χ2n) is 8.08. The molecule has 4 heterocycles. The van der Waals surface area contributed by atoms with E-state index in [0.717, 1.165) is 41.1 Å². The van der Waals surface area contributed by atoms with Gasteiger partial charge < -0.3 is 10.2 Å². The fourth-order valence-corrected chi connectivity index (χ4v) is 5.68. The summed E-state index contributed by atoms with van der Waals surface area (Å²) in [5, 5.41) is 4.27. The van der Waals surface area contributed by atoms with Crippen LogP contribution in [0.25, 0.3) is 10.2 Å². The van der Waals surface area contributed by atoms with Crippen molar-refractivity contribution in [3.8, 4) is 0 Å². The lowest BCUT2D eigenvalue weighted by atomic mass is 10.0. The SMILES string of the molecule is O=C(C=CCN1CCCC1)N1CCc2c(sc3ncnc(Nc4ccc(F)c(Cl)c4)c23)C1. The zero-order chi connectivity index (χ0) is 22.1. The number of amides is 1. The van der Waals surface area contributed by atoms with Gasteiger partial charge in [-0.3, -0.25) is 9.69 Å². The molecule has 0 saturated carbocycles. The van der Waals surface area contributed by atoms with Crippen LogP contribution in [0, 0.1) is 5.82 Å². The van der Waals surface area contributed by atoms with Crippen molar-refractivity contribution in [1.29, 1.82) is 0 Å². The summed E-state index contributed by atoms with van der Waals surface area (Å²) < 4.78 is 13.5. The molecular weight excluding hydrogens is 449 g/mol. The summed E-state index contributed by atoms with van der Waals surface area (Å²) in [6.07, 6.45) is 8.44. The number of rotatable bonds is 5. The number of anilines is 2. The monoisotopic (exact) mass is 471 g/mol. The summed E-state index contributed by atoms with van der Waals surface area (Å²) in [4.78, 5) is 27.8. The Labute approximate surface area is 194 Å². The Bertz CT molecular complexity index is 1190. The first kappa shape index (κ1) is 21.3. The Balaban J connectivity index is 1.34. The number of thiophene rings is 1. The van der Waals surface area contributed by atoms with Crippen LogP contribution < -0.4 is 5.32 Å². The third kappa shape index (κ3) is 4.35. The number of carbonyl (C=O) groups is 1. The molecule has 1 saturated heterocycles. The first-order valence-electron chi connectivity index (χ1n) is 10.7. The van der Waals surface area contributed by atoms with E-state index >= 15 is 0 Å². The number of halogens is 2. The quantitative estimate of drug-likeness (QED) is 0.543. The van der Waals surface area contributed by atoms with E-state index in [1.807, 2.05) is 11.0 Å². The first-order chi connectivity index (χ1) is 15.6. The lowest BCUT2D eigenvalue weighted by molar-refractivity contribution is -0.126. The molecule has 2 aliphatic rings. The number of benzene rings is 1. The predicted molar refractivity (Wildman–Crippen MR) is 126 cm³/mol. The van der Waals surface area contributed by atoms with E-state index < -0.39 is 5.82 Å². The fourth-order valence-electron chi connectivity index (χ4n) is 4.29. The van der Waals surface area contributed by atoms with Crippen molar-refractivity contribution in [3.05, 3.63) is 58.0 Å². The van der Waals surface area contributed by atoms with Crippen LogP contribution >= 0.6 is 22.9 Å². The van der Waals surface area contributed by atoms with Gasteiger partial charge in [0.25, 0.3) is 0 Å². The van der Waals surface area contributed by atoms with Gasteiger partial charge in [0.2, 0.25) is 5.91 Å². The number of carbonyl (C=O) groups excluding carboxylic acids is 1. The van der Waals surface area contributed by atoms with Gasteiger partial charge in [-0.1, -0.05) is 17.7 Å². The molecule has 0 radical (unpaired) electrons. The number of likely N-dealkylation sites (tertiary alicyclic amines) is 1. The van der Waals surface area contributed by atoms with Crippen LogP contribution in [0.15, 0.2) is 36.7 Å². The van der Waals surface area contributed by atoms with Crippen LogP contribution in [-0.2, 0) is 17.8 Å². The zero-order valence-corrected chi connectivity index (χ0v) is 19.1. The van der Waals surface area contributed by atoms with Crippen molar-refractivity contribution in [1.82, 2.24) is 19.8 Å². The second kappa shape index (κ2) is 9.13. The molecule has 0 unspecified atom stereocenters. The van der Waals surface area contributed by atoms with E-state index in [0.29, 0.717) is 24.6 Å². The minimum atomic E-state index is -0.461. The Kier molecular flexibility index (Phi) is 6.08. The molecule has 9 heteroatoms. The zero-order valence-electron chi connectivity index (χ0n) is 17.5. The maximum absolute atomic E-state index is 13.5. The largest absolute Gasteiger partial charge is 0.340 e. The van der Waals surface area contributed by atoms with Crippen molar-refractivity contribution in [3.63, 3.8) is 0 Å². The molecule has 32 heavy (non-hydrogen) atoms. The number of aromatic nitrogens is 2. The summed E-state index contributed by atoms with van der Waals surface area (Å²) >= 11 is 7.51. The van der Waals surface area contributed by atoms with E-state index in [4.69, 9.17) is 11.6 Å². The molecule has 3 aromatic rings. The van der Waals surface area contributed by atoms with Crippen LogP contribution in [0.3, 0.4) is 0 Å². The molecule has 1 aromatic carbocycles. The molecule has 1 amide bonds. The summed E-state index contributed by atoms with van der Waals surface area (Å²) in [5.41, 5.74) is 1.83. The van der Waals surface area contributed by atoms with Crippen LogP contribution in [0.5, 0.6) is 0 Å². The number of nitrogens with zero attached hydrogens (tertiary/aromatic N) is 4. The van der Waals surface area contributed by atoms with E-state index in [9.17, 15) is 9.18 Å². The minimum Gasteiger partial charge on any atom is -0.340 e. The van der Waals surface area contributed by atoms with E-state index in [-0.39, 0.29) is 10.9 Å². The van der Waals surface area contributed by atoms with Gasteiger partial charge in [-0.25, -0.2) is 14.4 Å². The predicted octanol–water partition coefficient (Wildman–Crippen LogP) is 4.76. The average Bonchev–Trinajstić information content (AvgIpc) is 3.43. The highest BCUT2D eigenvalue weighted by Gasteiger charge is 2.25. The smallest absolute Gasteiger partial charge is 0.246 e. The first-order valence-corrected chi connectivity index (χ1v) is 11.9. The molecule has 0 aliphatic carbocycles. The van der Waals surface area contributed by atoms with Gasteiger partial charge in [0, 0.05) is 29.7 Å². The van der Waals surface area contributed by atoms with Crippen molar-refractivity contribution in [2.75, 3.05) is 31.5 Å². The van der Waals surface area contributed by atoms with E-state index in [1.54, 1.807) is 29.5 Å². The maximum atomic E-state index is 13.5. The second-order valence-corrected chi connectivity index (χ2v) is 9.57. The van der Waals surface area contributed by atoms with Crippen LogP contribution in [0.2, 0.25) is 5.02 Å². The van der Waals surface area contributed by atoms with Crippen LogP contribution in [0.4, 0.5) is 15.9 Å². The van der Waals surface area contributed by atoms with Gasteiger partial charge in [-0.2, -0.15) is 0 Å². The maximum Gasteiger partial charge on any atom is 0.246 e. The Morgan fingerprint density at radius 2 is 2.09 bits per heavy atom. The number of hydrogen-bond donors (Lipinski definition) is 1. The molecule has 0 bridgehead atoms. The summed E-state index contributed by atoms with van der Waals surface area (Å²) in [7, 11) is 0. The Hall–Kier alpha value is -2.55. The van der Waals surface area contributed by atoms with Gasteiger partial charge >= 0.3 is 0 Å². The molecule has 2 aliphatic heterocycles. The van der Waals surface area contributed by atoms with Crippen LogP contribution in [0.1, 0.15) is 23.3 Å². The van der Waals surface area contributed by atoms with Crippen molar-refractivity contribution in [2.24, 2.45) is 0 Å². The summed E-state index contributed by atoms with van der Waals surface area (Å²) in [5.74, 6) is 0.260. The van der Waals surface area contributed by atoms with Gasteiger partial charge in [0.05, 0.1) is 17.0 Å². The molecule has 166 valence electrons. The normalized spacial score (nSPS) is 16.8. The molecule has 5 rings (SSSR count). The third-order valence-electron chi connectivity index (χ3n) is 5.95. The highest BCUT2D eigenvalue weighted by Crippen LogP contribution is 2.38. The lowest BCUT2D eigenvalue weighted by Crippen LogP contribution is -2.34. The third-order valence-corrected chi connectivity index (χ3v) is 7.37. The lowest BCUT2D eigenvalue weighted by Gasteiger charge is -2.26. The average molecular weight is 472 g/mol. The van der Waals surface area contributed by atoms with Crippen molar-refractivity contribution >= 4 is 50.6 Å². The molecule has 0 spiro atoms. The van der Waals surface area contributed by atoms with Gasteiger partial charge in [0.1, 0.15) is 22.8 Å². The molecule has 0 atom stereocenters.